The van der Waals surface area contributed by atoms with Crippen molar-refractivity contribution in [2.45, 2.75) is 38.6 Å². The smallest absolute Gasteiger partial charge is 0.0468 e. The molecule has 2 aliphatic rings. The second kappa shape index (κ2) is 5.48. The molecule has 1 N–H and O–H groups in total. The molecule has 0 aromatic rings. The zero-order chi connectivity index (χ0) is 11.4. The average Bonchev–Trinajstić information content (AvgIpc) is 3.08. The number of nitrogens with zero attached hydrogens (tertiary/aromatic N) is 1. The normalized spacial score (nSPS) is 29.2. The van der Waals surface area contributed by atoms with Crippen molar-refractivity contribution in [2.24, 2.45) is 5.41 Å². The minimum absolute atomic E-state index is 0.612. The van der Waals surface area contributed by atoms with Gasteiger partial charge in [-0.2, -0.15) is 0 Å². The fourth-order valence-electron chi connectivity index (χ4n) is 2.83. The monoisotopic (exact) mass is 226 g/mol. The molecule has 1 unspecified atom stereocenters. The van der Waals surface area contributed by atoms with Gasteiger partial charge in [-0.05, 0) is 31.1 Å². The number of hydrogen-bond donors (Lipinski definition) is 1. The summed E-state index contributed by atoms with van der Waals surface area (Å²) in [5.41, 5.74) is 0.612. The van der Waals surface area contributed by atoms with E-state index in [0.717, 1.165) is 19.2 Å². The summed E-state index contributed by atoms with van der Waals surface area (Å²) in [5, 5.41) is 3.50. The Kier molecular flexibility index (Phi) is 4.22. The lowest BCUT2D eigenvalue weighted by Crippen LogP contribution is -2.52. The van der Waals surface area contributed by atoms with Crippen LogP contribution >= 0.6 is 0 Å². The Morgan fingerprint density at radius 3 is 2.88 bits per heavy atom. The lowest BCUT2D eigenvalue weighted by atomic mass is 10.00. The molecule has 94 valence electrons. The summed E-state index contributed by atoms with van der Waals surface area (Å²) in [4.78, 5) is 2.71. The Balaban J connectivity index is 1.82. The predicted molar refractivity (Wildman–Crippen MR) is 66.7 cm³/mol. The Hall–Kier alpha value is -0.120. The zero-order valence-corrected chi connectivity index (χ0v) is 10.8. The molecule has 3 nitrogen and oxygen atoms in total. The molecule has 1 saturated carbocycles. The minimum Gasteiger partial charge on any atom is -0.385 e. The minimum atomic E-state index is 0.612. The maximum atomic E-state index is 5.23. The molecule has 16 heavy (non-hydrogen) atoms. The highest BCUT2D eigenvalue weighted by Crippen LogP contribution is 2.49. The first-order valence-electron chi connectivity index (χ1n) is 6.73. The Labute approximate surface area is 99.5 Å². The largest absolute Gasteiger partial charge is 0.385 e. The van der Waals surface area contributed by atoms with Crippen molar-refractivity contribution in [2.75, 3.05) is 39.9 Å². The summed E-state index contributed by atoms with van der Waals surface area (Å²) in [7, 11) is 1.82. The van der Waals surface area contributed by atoms with Gasteiger partial charge in [0.05, 0.1) is 0 Å². The third-order valence-electron chi connectivity index (χ3n) is 4.28. The van der Waals surface area contributed by atoms with Gasteiger partial charge in [0.15, 0.2) is 0 Å². The van der Waals surface area contributed by atoms with Crippen LogP contribution < -0.4 is 5.32 Å². The first-order chi connectivity index (χ1) is 7.79. The molecule has 2 fully saturated rings. The van der Waals surface area contributed by atoms with Gasteiger partial charge in [0, 0.05) is 45.9 Å². The van der Waals surface area contributed by atoms with Crippen molar-refractivity contribution >= 4 is 0 Å². The summed E-state index contributed by atoms with van der Waals surface area (Å²) < 4.78 is 5.23. The molecule has 0 aromatic heterocycles. The fourth-order valence-corrected chi connectivity index (χ4v) is 2.83. The van der Waals surface area contributed by atoms with Crippen LogP contribution in [0.3, 0.4) is 0 Å². The molecule has 0 radical (unpaired) electrons. The number of methoxy groups -OCH3 is 1. The van der Waals surface area contributed by atoms with E-state index in [1.54, 1.807) is 0 Å². The van der Waals surface area contributed by atoms with Gasteiger partial charge in [0.1, 0.15) is 0 Å². The summed E-state index contributed by atoms with van der Waals surface area (Å²) in [6.07, 6.45) is 5.35. The second-order valence-electron chi connectivity index (χ2n) is 5.48. The molecule has 1 saturated heterocycles. The SMILES string of the molecule is CCC1CNCCN1CC1(CCOC)CC1. The number of nitrogens with one attached hydrogen (secondary N) is 1. The number of ether oxygens (including phenoxy) is 1. The average molecular weight is 226 g/mol. The highest BCUT2D eigenvalue weighted by Gasteiger charge is 2.44. The van der Waals surface area contributed by atoms with E-state index in [-0.39, 0.29) is 0 Å². The first kappa shape index (κ1) is 12.3. The lowest BCUT2D eigenvalue weighted by Gasteiger charge is -2.38. The molecular weight excluding hydrogens is 200 g/mol. The van der Waals surface area contributed by atoms with Gasteiger partial charge >= 0.3 is 0 Å². The predicted octanol–water partition coefficient (Wildman–Crippen LogP) is 1.49. The highest BCUT2D eigenvalue weighted by atomic mass is 16.5. The van der Waals surface area contributed by atoms with Crippen molar-refractivity contribution in [3.63, 3.8) is 0 Å². The van der Waals surface area contributed by atoms with Gasteiger partial charge in [-0.25, -0.2) is 0 Å². The fraction of sp³-hybridized carbons (Fsp3) is 1.00. The van der Waals surface area contributed by atoms with E-state index in [0.29, 0.717) is 5.41 Å². The third-order valence-corrected chi connectivity index (χ3v) is 4.28. The van der Waals surface area contributed by atoms with Crippen molar-refractivity contribution in [3.8, 4) is 0 Å². The van der Waals surface area contributed by atoms with Gasteiger partial charge in [0.25, 0.3) is 0 Å². The standard InChI is InChI=1S/C13H26N2O/c1-3-12-10-14-7-8-15(12)11-13(4-5-13)6-9-16-2/h12,14H,3-11H2,1-2H3. The van der Waals surface area contributed by atoms with Crippen LogP contribution in [-0.2, 0) is 4.74 Å². The zero-order valence-electron chi connectivity index (χ0n) is 10.8. The van der Waals surface area contributed by atoms with Crippen LogP contribution in [0.5, 0.6) is 0 Å². The molecule has 0 bridgehead atoms. The number of rotatable bonds is 6. The van der Waals surface area contributed by atoms with Crippen LogP contribution in [0.1, 0.15) is 32.6 Å². The van der Waals surface area contributed by atoms with E-state index in [2.05, 4.69) is 17.1 Å². The highest BCUT2D eigenvalue weighted by molar-refractivity contribution is 4.97. The van der Waals surface area contributed by atoms with Gasteiger partial charge < -0.3 is 10.1 Å². The summed E-state index contributed by atoms with van der Waals surface area (Å²) in [6.45, 7) is 8.11. The number of piperazine rings is 1. The molecule has 1 atom stereocenters. The first-order valence-corrected chi connectivity index (χ1v) is 6.73. The Morgan fingerprint density at radius 1 is 1.44 bits per heavy atom. The van der Waals surface area contributed by atoms with Gasteiger partial charge in [-0.15, -0.1) is 0 Å². The third kappa shape index (κ3) is 2.96. The van der Waals surface area contributed by atoms with Gasteiger partial charge in [-0.3, -0.25) is 4.90 Å². The van der Waals surface area contributed by atoms with Crippen molar-refractivity contribution in [1.82, 2.24) is 10.2 Å². The molecule has 0 amide bonds. The molecule has 0 spiro atoms. The van der Waals surface area contributed by atoms with Crippen LogP contribution in [0.15, 0.2) is 0 Å². The maximum absolute atomic E-state index is 5.23. The van der Waals surface area contributed by atoms with E-state index in [1.807, 2.05) is 7.11 Å². The molecular formula is C13H26N2O. The van der Waals surface area contributed by atoms with E-state index in [4.69, 9.17) is 4.74 Å². The summed E-state index contributed by atoms with van der Waals surface area (Å²) in [6, 6.07) is 0.758. The van der Waals surface area contributed by atoms with E-state index >= 15 is 0 Å². The van der Waals surface area contributed by atoms with Crippen LogP contribution in [0.25, 0.3) is 0 Å². The van der Waals surface area contributed by atoms with E-state index in [1.165, 1.54) is 45.3 Å². The Morgan fingerprint density at radius 2 is 2.25 bits per heavy atom. The van der Waals surface area contributed by atoms with Crippen molar-refractivity contribution < 1.29 is 4.74 Å². The second-order valence-corrected chi connectivity index (χ2v) is 5.48. The van der Waals surface area contributed by atoms with Crippen LogP contribution in [0, 0.1) is 5.41 Å². The lowest BCUT2D eigenvalue weighted by molar-refractivity contribution is 0.105. The molecule has 3 heteroatoms. The maximum Gasteiger partial charge on any atom is 0.0468 e. The molecule has 1 aliphatic carbocycles. The van der Waals surface area contributed by atoms with Crippen LogP contribution in [0.4, 0.5) is 0 Å². The topological polar surface area (TPSA) is 24.5 Å². The van der Waals surface area contributed by atoms with Crippen LogP contribution in [-0.4, -0.2) is 50.8 Å². The quantitative estimate of drug-likeness (QED) is 0.742. The number of hydrogen-bond acceptors (Lipinski definition) is 3. The molecule has 1 aliphatic heterocycles. The molecule has 1 heterocycles. The van der Waals surface area contributed by atoms with Crippen molar-refractivity contribution in [3.05, 3.63) is 0 Å². The van der Waals surface area contributed by atoms with Crippen molar-refractivity contribution in [1.29, 1.82) is 0 Å². The summed E-state index contributed by atoms with van der Waals surface area (Å²) >= 11 is 0. The van der Waals surface area contributed by atoms with Gasteiger partial charge in [-0.1, -0.05) is 6.92 Å². The molecule has 0 aromatic carbocycles. The summed E-state index contributed by atoms with van der Waals surface area (Å²) in [5.74, 6) is 0. The molecule has 2 rings (SSSR count). The van der Waals surface area contributed by atoms with E-state index in [9.17, 15) is 0 Å². The van der Waals surface area contributed by atoms with Crippen LogP contribution in [0.2, 0.25) is 0 Å². The Bertz CT molecular complexity index is 216. The van der Waals surface area contributed by atoms with E-state index < -0.39 is 0 Å². The van der Waals surface area contributed by atoms with Gasteiger partial charge in [0.2, 0.25) is 0 Å².